The zero-order valence-electron chi connectivity index (χ0n) is 11.5. The molecule has 1 amide bonds. The molecule has 0 spiro atoms. The van der Waals surface area contributed by atoms with Crippen LogP contribution in [0.5, 0.6) is 0 Å². The molecule has 5 nitrogen and oxygen atoms in total. The van der Waals surface area contributed by atoms with E-state index in [0.717, 1.165) is 31.2 Å². The molecule has 0 saturated carbocycles. The molecule has 1 saturated heterocycles. The van der Waals surface area contributed by atoms with Gasteiger partial charge in [0.25, 0.3) is 5.91 Å². The van der Waals surface area contributed by atoms with Crippen LogP contribution < -0.4 is 16.6 Å². The number of halogens is 3. The highest BCUT2D eigenvalue weighted by Crippen LogP contribution is 2.31. The largest absolute Gasteiger partial charge is 0.416 e. The molecule has 1 aliphatic rings. The van der Waals surface area contributed by atoms with Gasteiger partial charge in [-0.15, -0.1) is 0 Å². The van der Waals surface area contributed by atoms with Crippen molar-refractivity contribution >= 4 is 11.6 Å². The molecule has 21 heavy (non-hydrogen) atoms. The number of likely N-dealkylation sites (tertiary alicyclic amines) is 1. The summed E-state index contributed by atoms with van der Waals surface area (Å²) in [5.74, 6) is 4.70. The number of hydrogen-bond donors (Lipinski definition) is 3. The molecule has 0 aliphatic carbocycles. The quantitative estimate of drug-likeness (QED) is 0.583. The van der Waals surface area contributed by atoms with Gasteiger partial charge in [0, 0.05) is 12.6 Å². The molecule has 1 atom stereocenters. The van der Waals surface area contributed by atoms with E-state index in [2.05, 4.69) is 10.7 Å². The van der Waals surface area contributed by atoms with Crippen LogP contribution in [0, 0.1) is 0 Å². The van der Waals surface area contributed by atoms with Crippen LogP contribution in [-0.2, 0) is 6.18 Å². The molecule has 1 unspecified atom stereocenters. The van der Waals surface area contributed by atoms with Gasteiger partial charge in [-0.3, -0.25) is 10.6 Å². The maximum atomic E-state index is 12.7. The molecule has 8 heteroatoms. The smallest absolute Gasteiger partial charge is 0.348 e. The number of carbonyl (C=O) groups is 1. The van der Waals surface area contributed by atoms with Crippen molar-refractivity contribution in [3.8, 4) is 0 Å². The lowest BCUT2D eigenvalue weighted by Crippen LogP contribution is -2.37. The van der Waals surface area contributed by atoms with Crippen molar-refractivity contribution in [3.63, 3.8) is 0 Å². The number of nitrogens with zero attached hydrogens (tertiary/aromatic N) is 1. The van der Waals surface area contributed by atoms with Crippen LogP contribution in [0.4, 0.5) is 18.9 Å². The summed E-state index contributed by atoms with van der Waals surface area (Å²) < 4.78 is 38.2. The Morgan fingerprint density at radius 1 is 1.43 bits per heavy atom. The first-order chi connectivity index (χ1) is 9.81. The number of carbonyl (C=O) groups excluding carboxylic acids is 1. The second kappa shape index (κ2) is 5.90. The fourth-order valence-corrected chi connectivity index (χ4v) is 2.35. The first-order valence-electron chi connectivity index (χ1n) is 6.48. The minimum Gasteiger partial charge on any atom is -0.348 e. The van der Waals surface area contributed by atoms with Crippen LogP contribution in [0.25, 0.3) is 0 Å². The highest BCUT2D eigenvalue weighted by molar-refractivity contribution is 6.00. The maximum Gasteiger partial charge on any atom is 0.416 e. The number of likely N-dealkylation sites (N-methyl/N-ethyl adjacent to an activating group) is 1. The van der Waals surface area contributed by atoms with Crippen LogP contribution in [0.3, 0.4) is 0 Å². The molecular weight excluding hydrogens is 285 g/mol. The monoisotopic (exact) mass is 302 g/mol. The second-order valence-electron chi connectivity index (χ2n) is 5.12. The third-order valence-electron chi connectivity index (χ3n) is 3.47. The molecule has 1 fully saturated rings. The van der Waals surface area contributed by atoms with Gasteiger partial charge in [0.2, 0.25) is 0 Å². The van der Waals surface area contributed by atoms with Crippen molar-refractivity contribution < 1.29 is 18.0 Å². The van der Waals surface area contributed by atoms with E-state index < -0.39 is 17.6 Å². The van der Waals surface area contributed by atoms with E-state index in [1.54, 1.807) is 0 Å². The summed E-state index contributed by atoms with van der Waals surface area (Å²) in [6, 6.07) is 2.78. The van der Waals surface area contributed by atoms with Crippen LogP contribution >= 0.6 is 0 Å². The van der Waals surface area contributed by atoms with Gasteiger partial charge < -0.3 is 15.6 Å². The fraction of sp³-hybridized carbons (Fsp3) is 0.462. The predicted octanol–water partition coefficient (Wildman–Crippen LogP) is 1.42. The van der Waals surface area contributed by atoms with E-state index in [0.29, 0.717) is 6.54 Å². The Labute approximate surface area is 120 Å². The van der Waals surface area contributed by atoms with E-state index >= 15 is 0 Å². The molecule has 1 aromatic carbocycles. The van der Waals surface area contributed by atoms with E-state index in [9.17, 15) is 18.0 Å². The van der Waals surface area contributed by atoms with Crippen molar-refractivity contribution in [2.75, 3.05) is 25.6 Å². The number of anilines is 1. The lowest BCUT2D eigenvalue weighted by molar-refractivity contribution is -0.137. The third kappa shape index (κ3) is 3.64. The molecular formula is C13H17F3N4O. The summed E-state index contributed by atoms with van der Waals surface area (Å²) in [7, 11) is 1.92. The normalized spacial score (nSPS) is 19.6. The number of benzene rings is 1. The standard InChI is InChI=1S/C13H17F3N4O/c1-20-5-4-9(7-20)18-12(21)10-6-8(13(14,15)16)2-3-11(10)19-17/h2-3,6,9,19H,4-5,7,17H2,1H3,(H,18,21). The Kier molecular flexibility index (Phi) is 4.38. The number of nitrogen functional groups attached to an aromatic ring is 1. The number of amides is 1. The average Bonchev–Trinajstić information content (AvgIpc) is 2.82. The molecule has 1 heterocycles. The number of rotatable bonds is 3. The van der Waals surface area contributed by atoms with Crippen LogP contribution in [0.15, 0.2) is 18.2 Å². The maximum absolute atomic E-state index is 12.7. The summed E-state index contributed by atoms with van der Waals surface area (Å²) in [5, 5.41) is 2.74. The number of hydrogen-bond acceptors (Lipinski definition) is 4. The van der Waals surface area contributed by atoms with Gasteiger partial charge in [0.05, 0.1) is 16.8 Å². The zero-order valence-corrected chi connectivity index (χ0v) is 11.5. The molecule has 4 N–H and O–H groups in total. The molecule has 116 valence electrons. The van der Waals surface area contributed by atoms with Gasteiger partial charge in [0.1, 0.15) is 0 Å². The highest BCUT2D eigenvalue weighted by atomic mass is 19.4. The topological polar surface area (TPSA) is 70.4 Å². The Bertz CT molecular complexity index is 533. The Morgan fingerprint density at radius 2 is 2.14 bits per heavy atom. The highest BCUT2D eigenvalue weighted by Gasteiger charge is 2.32. The summed E-state index contributed by atoms with van der Waals surface area (Å²) in [5.41, 5.74) is 1.42. The lowest BCUT2D eigenvalue weighted by atomic mass is 10.1. The van der Waals surface area contributed by atoms with Gasteiger partial charge in [-0.2, -0.15) is 13.2 Å². The Balaban J connectivity index is 2.22. The number of nitrogens with one attached hydrogen (secondary N) is 2. The SMILES string of the molecule is CN1CCC(NC(=O)c2cc(C(F)(F)F)ccc2NN)C1. The average molecular weight is 302 g/mol. The fourth-order valence-electron chi connectivity index (χ4n) is 2.35. The molecule has 0 radical (unpaired) electrons. The number of nitrogens with two attached hydrogens (primary N) is 1. The lowest BCUT2D eigenvalue weighted by Gasteiger charge is -2.16. The predicted molar refractivity (Wildman–Crippen MR) is 72.6 cm³/mol. The van der Waals surface area contributed by atoms with Crippen molar-refractivity contribution in [1.29, 1.82) is 0 Å². The van der Waals surface area contributed by atoms with Crippen molar-refractivity contribution in [3.05, 3.63) is 29.3 Å². The molecule has 2 rings (SSSR count). The van der Waals surface area contributed by atoms with E-state index in [4.69, 9.17) is 5.84 Å². The van der Waals surface area contributed by atoms with Crippen LogP contribution in [0.1, 0.15) is 22.3 Å². The summed E-state index contributed by atoms with van der Waals surface area (Å²) >= 11 is 0. The number of alkyl halides is 3. The van der Waals surface area contributed by atoms with Crippen molar-refractivity contribution in [2.24, 2.45) is 5.84 Å². The van der Waals surface area contributed by atoms with Gasteiger partial charge in [-0.05, 0) is 38.2 Å². The third-order valence-corrected chi connectivity index (χ3v) is 3.47. The summed E-state index contributed by atoms with van der Waals surface area (Å²) in [6.07, 6.45) is -3.73. The second-order valence-corrected chi connectivity index (χ2v) is 5.12. The molecule has 0 aromatic heterocycles. The first kappa shape index (κ1) is 15.6. The van der Waals surface area contributed by atoms with Gasteiger partial charge in [-0.1, -0.05) is 0 Å². The minimum atomic E-state index is -4.50. The van der Waals surface area contributed by atoms with Gasteiger partial charge in [0.15, 0.2) is 0 Å². The Hall–Kier alpha value is -1.80. The first-order valence-corrected chi connectivity index (χ1v) is 6.48. The van der Waals surface area contributed by atoms with E-state index in [-0.39, 0.29) is 17.3 Å². The van der Waals surface area contributed by atoms with Crippen molar-refractivity contribution in [2.45, 2.75) is 18.6 Å². The minimum absolute atomic E-state index is 0.0670. The summed E-state index contributed by atoms with van der Waals surface area (Å²) in [4.78, 5) is 14.2. The van der Waals surface area contributed by atoms with Crippen LogP contribution in [0.2, 0.25) is 0 Å². The van der Waals surface area contributed by atoms with E-state index in [1.165, 1.54) is 0 Å². The van der Waals surface area contributed by atoms with E-state index in [1.807, 2.05) is 11.9 Å². The number of hydrazine groups is 1. The molecule has 1 aromatic rings. The molecule has 1 aliphatic heterocycles. The van der Waals surface area contributed by atoms with Gasteiger partial charge in [-0.25, -0.2) is 0 Å². The summed E-state index contributed by atoms with van der Waals surface area (Å²) in [6.45, 7) is 1.52. The van der Waals surface area contributed by atoms with Crippen LogP contribution in [-0.4, -0.2) is 37.0 Å². The van der Waals surface area contributed by atoms with Gasteiger partial charge >= 0.3 is 6.18 Å². The molecule has 0 bridgehead atoms. The zero-order chi connectivity index (χ0) is 15.6. The van der Waals surface area contributed by atoms with Crippen molar-refractivity contribution in [1.82, 2.24) is 10.2 Å². The Morgan fingerprint density at radius 3 is 2.67 bits per heavy atom.